The number of rotatable bonds is 6. The predicted octanol–water partition coefficient (Wildman–Crippen LogP) is 4.01. The number of aromatic nitrogens is 1. The molecule has 5 heteroatoms. The first kappa shape index (κ1) is 17.4. The fourth-order valence-electron chi connectivity index (χ4n) is 2.33. The van der Waals surface area contributed by atoms with Crippen LogP contribution in [0.1, 0.15) is 33.2 Å². The molecule has 0 aliphatic heterocycles. The van der Waals surface area contributed by atoms with E-state index in [2.05, 4.69) is 10.3 Å². The number of benzene rings is 2. The summed E-state index contributed by atoms with van der Waals surface area (Å²) in [5, 5.41) is 2.83. The second-order valence-electron chi connectivity index (χ2n) is 5.74. The van der Waals surface area contributed by atoms with E-state index in [9.17, 15) is 9.59 Å². The number of ketones is 1. The smallest absolute Gasteiger partial charge is 0.251 e. The molecule has 1 amide bonds. The number of hydrogen-bond donors (Lipinski definition) is 1. The maximum atomic E-state index is 12.2. The highest BCUT2D eigenvalue weighted by molar-refractivity contribution is 5.97. The molecule has 0 bridgehead atoms. The Labute approximate surface area is 151 Å². The van der Waals surface area contributed by atoms with Crippen LogP contribution in [0.25, 0.3) is 0 Å². The van der Waals surface area contributed by atoms with Gasteiger partial charge in [0.15, 0.2) is 5.78 Å². The number of amides is 1. The van der Waals surface area contributed by atoms with Gasteiger partial charge in [0.1, 0.15) is 5.75 Å². The highest BCUT2D eigenvalue weighted by atomic mass is 16.5. The fourth-order valence-corrected chi connectivity index (χ4v) is 2.33. The molecule has 0 aliphatic carbocycles. The number of pyridine rings is 1. The maximum absolute atomic E-state index is 12.2. The van der Waals surface area contributed by atoms with Crippen molar-refractivity contribution in [2.75, 3.05) is 0 Å². The van der Waals surface area contributed by atoms with Gasteiger partial charge >= 0.3 is 0 Å². The average molecular weight is 346 g/mol. The number of para-hydroxylation sites is 1. The van der Waals surface area contributed by atoms with Gasteiger partial charge in [0.05, 0.1) is 0 Å². The zero-order valence-electron chi connectivity index (χ0n) is 14.3. The van der Waals surface area contributed by atoms with Gasteiger partial charge in [0.2, 0.25) is 5.88 Å². The van der Waals surface area contributed by atoms with Crippen LogP contribution in [-0.2, 0) is 6.54 Å². The van der Waals surface area contributed by atoms with E-state index < -0.39 is 0 Å². The predicted molar refractivity (Wildman–Crippen MR) is 98.4 cm³/mol. The first-order chi connectivity index (χ1) is 12.6. The number of nitrogens with zero attached hydrogens (tertiary/aromatic N) is 1. The van der Waals surface area contributed by atoms with Gasteiger partial charge in [-0.15, -0.1) is 0 Å². The van der Waals surface area contributed by atoms with Gasteiger partial charge in [-0.05, 0) is 36.8 Å². The van der Waals surface area contributed by atoms with E-state index in [1.165, 1.54) is 6.92 Å². The summed E-state index contributed by atoms with van der Waals surface area (Å²) in [7, 11) is 0. The van der Waals surface area contributed by atoms with Gasteiger partial charge in [-0.2, -0.15) is 0 Å². The number of carbonyl (C=O) groups is 2. The molecular formula is C21H18N2O3. The van der Waals surface area contributed by atoms with E-state index in [1.807, 2.05) is 36.4 Å². The van der Waals surface area contributed by atoms with E-state index in [0.29, 0.717) is 23.6 Å². The molecule has 0 radical (unpaired) electrons. The summed E-state index contributed by atoms with van der Waals surface area (Å²) in [6, 6.07) is 19.6. The molecule has 3 rings (SSSR count). The average Bonchev–Trinajstić information content (AvgIpc) is 2.68. The highest BCUT2D eigenvalue weighted by Gasteiger charge is 2.07. The molecule has 0 saturated carbocycles. The monoisotopic (exact) mass is 346 g/mol. The van der Waals surface area contributed by atoms with Crippen molar-refractivity contribution in [3.8, 4) is 11.6 Å². The summed E-state index contributed by atoms with van der Waals surface area (Å²) in [6.07, 6.45) is 1.66. The summed E-state index contributed by atoms with van der Waals surface area (Å²) in [5.74, 6) is 0.978. The van der Waals surface area contributed by atoms with E-state index in [4.69, 9.17) is 4.74 Å². The molecule has 0 fully saturated rings. The summed E-state index contributed by atoms with van der Waals surface area (Å²) in [6.45, 7) is 1.85. The van der Waals surface area contributed by atoms with E-state index in [0.717, 1.165) is 11.3 Å². The first-order valence-electron chi connectivity index (χ1n) is 8.19. The van der Waals surface area contributed by atoms with Crippen LogP contribution in [0.3, 0.4) is 0 Å². The van der Waals surface area contributed by atoms with Crippen molar-refractivity contribution in [1.29, 1.82) is 0 Å². The van der Waals surface area contributed by atoms with E-state index in [-0.39, 0.29) is 11.7 Å². The molecule has 2 aromatic carbocycles. The molecular weight excluding hydrogens is 328 g/mol. The van der Waals surface area contributed by atoms with Crippen molar-refractivity contribution in [3.63, 3.8) is 0 Å². The van der Waals surface area contributed by atoms with E-state index in [1.54, 1.807) is 36.5 Å². The minimum atomic E-state index is -0.204. The third kappa shape index (κ3) is 4.54. The number of carbonyl (C=O) groups excluding carboxylic acids is 2. The van der Waals surface area contributed by atoms with Crippen molar-refractivity contribution < 1.29 is 14.3 Å². The SMILES string of the molecule is CC(=O)c1ccc(C(=O)NCc2ccc(Oc3ccccc3)nc2)cc1. The number of Topliss-reactive ketones (excluding diaryl/α,β-unsaturated/α-hetero) is 1. The minimum Gasteiger partial charge on any atom is -0.439 e. The molecule has 0 aliphatic rings. The lowest BCUT2D eigenvalue weighted by Gasteiger charge is -2.07. The minimum absolute atomic E-state index is 0.0270. The Balaban J connectivity index is 1.55. The van der Waals surface area contributed by atoms with E-state index >= 15 is 0 Å². The van der Waals surface area contributed by atoms with Crippen LogP contribution in [-0.4, -0.2) is 16.7 Å². The largest absolute Gasteiger partial charge is 0.439 e. The van der Waals surface area contributed by atoms with Crippen molar-refractivity contribution >= 4 is 11.7 Å². The molecule has 1 N–H and O–H groups in total. The van der Waals surface area contributed by atoms with Crippen molar-refractivity contribution in [2.45, 2.75) is 13.5 Å². The van der Waals surface area contributed by atoms with Crippen molar-refractivity contribution in [1.82, 2.24) is 10.3 Å². The Morgan fingerprint density at radius 1 is 0.923 bits per heavy atom. The van der Waals surface area contributed by atoms with Crippen LogP contribution < -0.4 is 10.1 Å². The molecule has 130 valence electrons. The van der Waals surface area contributed by atoms with Gasteiger partial charge < -0.3 is 10.1 Å². The van der Waals surface area contributed by atoms with Crippen LogP contribution in [0.15, 0.2) is 72.9 Å². The quantitative estimate of drug-likeness (QED) is 0.685. The standard InChI is InChI=1S/C21H18N2O3/c1-15(24)17-8-10-18(11-9-17)21(25)23-14-16-7-12-20(22-13-16)26-19-5-3-2-4-6-19/h2-13H,14H2,1H3,(H,23,25). The number of ether oxygens (including phenoxy) is 1. The molecule has 1 aromatic heterocycles. The molecule has 26 heavy (non-hydrogen) atoms. The summed E-state index contributed by atoms with van der Waals surface area (Å²) < 4.78 is 5.63. The number of nitrogens with one attached hydrogen (secondary N) is 1. The van der Waals surface area contributed by atoms with Crippen LogP contribution in [0, 0.1) is 0 Å². The van der Waals surface area contributed by atoms with Crippen molar-refractivity contribution in [3.05, 3.63) is 89.6 Å². The molecule has 0 atom stereocenters. The Hall–Kier alpha value is -3.47. The van der Waals surface area contributed by atoms with Gasteiger partial charge in [0, 0.05) is 29.9 Å². The van der Waals surface area contributed by atoms with Gasteiger partial charge in [-0.1, -0.05) is 36.4 Å². The second kappa shape index (κ2) is 8.07. The summed E-state index contributed by atoms with van der Waals surface area (Å²) >= 11 is 0. The van der Waals surface area contributed by atoms with Crippen LogP contribution in [0.2, 0.25) is 0 Å². The lowest BCUT2D eigenvalue weighted by atomic mass is 10.1. The maximum Gasteiger partial charge on any atom is 0.251 e. The lowest BCUT2D eigenvalue weighted by molar-refractivity contribution is 0.0948. The molecule has 1 heterocycles. The Morgan fingerprint density at radius 3 is 2.23 bits per heavy atom. The lowest BCUT2D eigenvalue weighted by Crippen LogP contribution is -2.22. The molecule has 0 saturated heterocycles. The molecule has 0 spiro atoms. The Bertz CT molecular complexity index is 889. The zero-order valence-corrected chi connectivity index (χ0v) is 14.3. The normalized spacial score (nSPS) is 10.2. The van der Waals surface area contributed by atoms with Gasteiger partial charge in [-0.3, -0.25) is 9.59 Å². The number of hydrogen-bond acceptors (Lipinski definition) is 4. The summed E-state index contributed by atoms with van der Waals surface area (Å²) in [5.41, 5.74) is 1.95. The van der Waals surface area contributed by atoms with Crippen LogP contribution >= 0.6 is 0 Å². The molecule has 3 aromatic rings. The highest BCUT2D eigenvalue weighted by Crippen LogP contribution is 2.18. The zero-order chi connectivity index (χ0) is 18.4. The Kier molecular flexibility index (Phi) is 5.39. The summed E-state index contributed by atoms with van der Waals surface area (Å²) in [4.78, 5) is 27.7. The topological polar surface area (TPSA) is 68.3 Å². The third-order valence-electron chi connectivity index (χ3n) is 3.77. The fraction of sp³-hybridized carbons (Fsp3) is 0.0952. The van der Waals surface area contributed by atoms with Crippen LogP contribution in [0.5, 0.6) is 11.6 Å². The van der Waals surface area contributed by atoms with Gasteiger partial charge in [0.25, 0.3) is 5.91 Å². The third-order valence-corrected chi connectivity index (χ3v) is 3.77. The van der Waals surface area contributed by atoms with Crippen LogP contribution in [0.4, 0.5) is 0 Å². The molecule has 0 unspecified atom stereocenters. The van der Waals surface area contributed by atoms with Crippen molar-refractivity contribution in [2.24, 2.45) is 0 Å². The first-order valence-corrected chi connectivity index (χ1v) is 8.19. The second-order valence-corrected chi connectivity index (χ2v) is 5.74. The van der Waals surface area contributed by atoms with Gasteiger partial charge in [-0.25, -0.2) is 4.98 Å². The Morgan fingerprint density at radius 2 is 1.62 bits per heavy atom. The molecule has 5 nitrogen and oxygen atoms in total.